The highest BCUT2D eigenvalue weighted by atomic mass is 16.6. The molecule has 66 heavy (non-hydrogen) atoms. The summed E-state index contributed by atoms with van der Waals surface area (Å²) in [4.78, 5) is 38.1. The van der Waals surface area contributed by atoms with Crippen molar-refractivity contribution in [2.75, 3.05) is 13.2 Å². The van der Waals surface area contributed by atoms with Crippen molar-refractivity contribution in [2.45, 2.75) is 264 Å². The van der Waals surface area contributed by atoms with E-state index >= 15 is 0 Å². The summed E-state index contributed by atoms with van der Waals surface area (Å²) in [5.41, 5.74) is 0. The lowest BCUT2D eigenvalue weighted by Gasteiger charge is -2.18. The maximum absolute atomic E-state index is 12.8. The number of carbonyl (C=O) groups excluding carboxylic acids is 3. The first-order chi connectivity index (χ1) is 32.5. The minimum absolute atomic E-state index is 0.101. The zero-order valence-electron chi connectivity index (χ0n) is 43.2. The molecule has 0 heterocycles. The number of carbonyl (C=O) groups is 3. The molecule has 0 amide bonds. The highest BCUT2D eigenvalue weighted by Crippen LogP contribution is 2.15. The minimum atomic E-state index is -0.808. The second kappa shape index (κ2) is 54.2. The van der Waals surface area contributed by atoms with Gasteiger partial charge in [0.05, 0.1) is 0 Å². The molecule has 0 aliphatic rings. The summed E-state index contributed by atoms with van der Waals surface area (Å²) >= 11 is 0. The summed E-state index contributed by atoms with van der Waals surface area (Å²) in [6.07, 6.45) is 69.9. The fourth-order valence-corrected chi connectivity index (χ4v) is 7.43. The van der Waals surface area contributed by atoms with Crippen molar-refractivity contribution >= 4 is 17.9 Å². The molecule has 0 fully saturated rings. The summed E-state index contributed by atoms with van der Waals surface area (Å²) in [5.74, 6) is -0.968. The van der Waals surface area contributed by atoms with Crippen LogP contribution in [0.1, 0.15) is 258 Å². The van der Waals surface area contributed by atoms with Crippen LogP contribution in [0, 0.1) is 0 Å². The summed E-state index contributed by atoms with van der Waals surface area (Å²) in [7, 11) is 0. The first-order valence-corrected chi connectivity index (χ1v) is 27.6. The van der Waals surface area contributed by atoms with Crippen molar-refractivity contribution < 1.29 is 28.6 Å². The number of unbranched alkanes of at least 4 members (excludes halogenated alkanes) is 24. The number of allylic oxidation sites excluding steroid dienone is 14. The molecule has 0 N–H and O–H groups in total. The van der Waals surface area contributed by atoms with Crippen LogP contribution in [0.2, 0.25) is 0 Å². The molecule has 6 nitrogen and oxygen atoms in total. The Morgan fingerprint density at radius 1 is 0.303 bits per heavy atom. The van der Waals surface area contributed by atoms with Gasteiger partial charge in [0.1, 0.15) is 13.2 Å². The standard InChI is InChI=1S/C60H102O6/c1-4-7-10-13-16-19-22-25-28-29-30-31-33-35-38-41-44-47-50-53-59(62)65-56-57(55-64-58(61)52-49-46-43-40-37-34-27-24-21-18-15-12-9-6-3)66-60(63)54-51-48-45-42-39-36-32-26-23-20-17-14-11-8-5-2/h16-17,19-20,25-26,28,30-32,35,38-39,42,57H,4-15,18,21-24,27,29,33-34,36-37,40-41,43-56H2,1-3H3/b19-16-,20-17-,28-25-,31-30-,32-26-,38-35-,42-39-/t57-/m1/s1. The van der Waals surface area contributed by atoms with Crippen molar-refractivity contribution in [3.8, 4) is 0 Å². The lowest BCUT2D eigenvalue weighted by Crippen LogP contribution is -2.30. The van der Waals surface area contributed by atoms with E-state index in [-0.39, 0.29) is 37.5 Å². The van der Waals surface area contributed by atoms with E-state index in [0.717, 1.165) is 89.9 Å². The smallest absolute Gasteiger partial charge is 0.306 e. The SMILES string of the molecule is CCCCC/C=C\C/C=C\C/C=C\C/C=C\CCCCCC(=O)OC[C@@H](COC(=O)CCCCCCCCCCCCCCCC)OC(=O)CCCC/C=C\C/C=C\C/C=C\CCCCC. The Balaban J connectivity index is 4.49. The Kier molecular flexibility index (Phi) is 51.4. The summed E-state index contributed by atoms with van der Waals surface area (Å²) in [6.45, 7) is 6.53. The normalized spacial score (nSPS) is 12.7. The first kappa shape index (κ1) is 62.6. The van der Waals surface area contributed by atoms with Gasteiger partial charge in [0.25, 0.3) is 0 Å². The lowest BCUT2D eigenvalue weighted by atomic mass is 10.0. The minimum Gasteiger partial charge on any atom is -0.462 e. The van der Waals surface area contributed by atoms with Gasteiger partial charge in [0, 0.05) is 19.3 Å². The van der Waals surface area contributed by atoms with Gasteiger partial charge in [-0.2, -0.15) is 0 Å². The van der Waals surface area contributed by atoms with E-state index in [1.54, 1.807) is 0 Å². The van der Waals surface area contributed by atoms with Gasteiger partial charge in [-0.05, 0) is 103 Å². The van der Waals surface area contributed by atoms with Gasteiger partial charge in [0.2, 0.25) is 0 Å². The topological polar surface area (TPSA) is 78.9 Å². The quantitative estimate of drug-likeness (QED) is 0.0262. The number of ether oxygens (including phenoxy) is 3. The second-order valence-corrected chi connectivity index (χ2v) is 18.1. The van der Waals surface area contributed by atoms with Crippen LogP contribution in [-0.2, 0) is 28.6 Å². The summed E-state index contributed by atoms with van der Waals surface area (Å²) < 4.78 is 16.8. The average Bonchev–Trinajstić information content (AvgIpc) is 3.31. The third-order valence-electron chi connectivity index (χ3n) is 11.6. The summed E-state index contributed by atoms with van der Waals surface area (Å²) in [5, 5.41) is 0. The highest BCUT2D eigenvalue weighted by Gasteiger charge is 2.19. The van der Waals surface area contributed by atoms with E-state index in [4.69, 9.17) is 14.2 Å². The van der Waals surface area contributed by atoms with E-state index in [1.807, 2.05) is 0 Å². The number of esters is 3. The summed E-state index contributed by atoms with van der Waals surface area (Å²) in [6, 6.07) is 0. The van der Waals surface area contributed by atoms with E-state index in [9.17, 15) is 14.4 Å². The molecular weight excluding hydrogens is 817 g/mol. The Bertz CT molecular complexity index is 1290. The maximum atomic E-state index is 12.8. The predicted molar refractivity (Wildman–Crippen MR) is 284 cm³/mol. The fraction of sp³-hybridized carbons (Fsp3) is 0.717. The van der Waals surface area contributed by atoms with Crippen LogP contribution < -0.4 is 0 Å². The van der Waals surface area contributed by atoms with Gasteiger partial charge in [-0.3, -0.25) is 14.4 Å². The van der Waals surface area contributed by atoms with E-state index in [2.05, 4.69) is 106 Å². The molecule has 0 rings (SSSR count). The monoisotopic (exact) mass is 919 g/mol. The van der Waals surface area contributed by atoms with E-state index in [0.29, 0.717) is 19.3 Å². The van der Waals surface area contributed by atoms with Crippen molar-refractivity contribution in [1.29, 1.82) is 0 Å². The van der Waals surface area contributed by atoms with Crippen LogP contribution in [0.4, 0.5) is 0 Å². The van der Waals surface area contributed by atoms with Crippen molar-refractivity contribution in [2.24, 2.45) is 0 Å². The Labute approximate surface area is 407 Å². The van der Waals surface area contributed by atoms with Crippen LogP contribution >= 0.6 is 0 Å². The van der Waals surface area contributed by atoms with Crippen molar-refractivity contribution in [1.82, 2.24) is 0 Å². The molecule has 0 spiro atoms. The molecule has 0 aliphatic carbocycles. The molecule has 0 aliphatic heterocycles. The van der Waals surface area contributed by atoms with Gasteiger partial charge in [0.15, 0.2) is 6.10 Å². The Morgan fingerprint density at radius 3 is 0.909 bits per heavy atom. The molecule has 0 aromatic heterocycles. The third kappa shape index (κ3) is 51.6. The van der Waals surface area contributed by atoms with Crippen molar-refractivity contribution in [3.63, 3.8) is 0 Å². The Hall–Kier alpha value is -3.41. The predicted octanol–water partition coefficient (Wildman–Crippen LogP) is 18.4. The molecule has 1 atom stereocenters. The van der Waals surface area contributed by atoms with Crippen LogP contribution in [0.25, 0.3) is 0 Å². The molecule has 6 heteroatoms. The van der Waals surface area contributed by atoms with Gasteiger partial charge >= 0.3 is 17.9 Å². The van der Waals surface area contributed by atoms with Crippen LogP contribution in [0.15, 0.2) is 85.1 Å². The zero-order chi connectivity index (χ0) is 47.9. The molecule has 0 aromatic rings. The van der Waals surface area contributed by atoms with E-state index in [1.165, 1.54) is 122 Å². The Morgan fingerprint density at radius 2 is 0.545 bits per heavy atom. The fourth-order valence-electron chi connectivity index (χ4n) is 7.43. The van der Waals surface area contributed by atoms with Gasteiger partial charge in [-0.25, -0.2) is 0 Å². The van der Waals surface area contributed by atoms with Gasteiger partial charge in [-0.1, -0.05) is 221 Å². The number of hydrogen-bond acceptors (Lipinski definition) is 6. The third-order valence-corrected chi connectivity index (χ3v) is 11.6. The molecule has 0 saturated carbocycles. The molecule has 0 aromatic carbocycles. The molecule has 0 bridgehead atoms. The zero-order valence-corrected chi connectivity index (χ0v) is 43.2. The molecular formula is C60H102O6. The first-order valence-electron chi connectivity index (χ1n) is 27.6. The maximum Gasteiger partial charge on any atom is 0.306 e. The average molecular weight is 919 g/mol. The second-order valence-electron chi connectivity index (χ2n) is 18.1. The molecule has 0 unspecified atom stereocenters. The number of rotatable bonds is 49. The van der Waals surface area contributed by atoms with Gasteiger partial charge < -0.3 is 14.2 Å². The number of hydrogen-bond donors (Lipinski definition) is 0. The largest absolute Gasteiger partial charge is 0.462 e. The highest BCUT2D eigenvalue weighted by molar-refractivity contribution is 5.71. The van der Waals surface area contributed by atoms with Crippen molar-refractivity contribution in [3.05, 3.63) is 85.1 Å². The van der Waals surface area contributed by atoms with Crippen LogP contribution in [0.3, 0.4) is 0 Å². The van der Waals surface area contributed by atoms with Crippen LogP contribution in [0.5, 0.6) is 0 Å². The molecule has 378 valence electrons. The van der Waals surface area contributed by atoms with Crippen LogP contribution in [-0.4, -0.2) is 37.2 Å². The van der Waals surface area contributed by atoms with Gasteiger partial charge in [-0.15, -0.1) is 0 Å². The molecule has 0 saturated heterocycles. The molecule has 0 radical (unpaired) electrons. The lowest BCUT2D eigenvalue weighted by molar-refractivity contribution is -0.167. The van der Waals surface area contributed by atoms with E-state index < -0.39 is 6.10 Å².